The highest BCUT2D eigenvalue weighted by Crippen LogP contribution is 2.34. The molecule has 1 nitrogen and oxygen atoms in total. The fourth-order valence-electron chi connectivity index (χ4n) is 1.62. The van der Waals surface area contributed by atoms with E-state index in [0.717, 1.165) is 15.5 Å². The number of aryl methyl sites for hydroxylation is 1. The van der Waals surface area contributed by atoms with Gasteiger partial charge in [-0.25, -0.2) is 0 Å². The number of hydrogen-bond donors (Lipinski definition) is 1. The van der Waals surface area contributed by atoms with Crippen LogP contribution in [0.3, 0.4) is 0 Å². The Labute approximate surface area is 117 Å². The number of halogens is 1. The maximum Gasteiger partial charge on any atom is 0.0548 e. The molecule has 0 fully saturated rings. The van der Waals surface area contributed by atoms with E-state index in [2.05, 4.69) is 31.2 Å². The zero-order valence-electron chi connectivity index (χ0n) is 10.5. The summed E-state index contributed by atoms with van der Waals surface area (Å²) in [4.78, 5) is 2.25. The molecule has 1 unspecified atom stereocenters. The van der Waals surface area contributed by atoms with Gasteiger partial charge in [0.2, 0.25) is 0 Å². The fourth-order valence-corrected chi connectivity index (χ4v) is 2.74. The molecule has 0 bridgehead atoms. The van der Waals surface area contributed by atoms with Gasteiger partial charge in [-0.2, -0.15) is 0 Å². The summed E-state index contributed by atoms with van der Waals surface area (Å²) in [6.07, 6.45) is 0. The third-order valence-corrected chi connectivity index (χ3v) is 4.24. The number of benzene rings is 2. The monoisotopic (exact) mass is 277 g/mol. The van der Waals surface area contributed by atoms with Crippen molar-refractivity contribution < 1.29 is 0 Å². The molecule has 0 amide bonds. The Kier molecular flexibility index (Phi) is 4.33. The molecule has 0 spiro atoms. The third-order valence-electron chi connectivity index (χ3n) is 2.73. The highest BCUT2D eigenvalue weighted by molar-refractivity contribution is 7.99. The molecule has 18 heavy (non-hydrogen) atoms. The summed E-state index contributed by atoms with van der Waals surface area (Å²) in [5, 5.41) is 0.760. The van der Waals surface area contributed by atoms with Crippen molar-refractivity contribution in [2.75, 3.05) is 0 Å². The second-order valence-corrected chi connectivity index (χ2v) is 5.92. The van der Waals surface area contributed by atoms with Crippen molar-refractivity contribution in [3.63, 3.8) is 0 Å². The molecule has 0 saturated heterocycles. The van der Waals surface area contributed by atoms with Gasteiger partial charge in [0.15, 0.2) is 0 Å². The van der Waals surface area contributed by atoms with Crippen LogP contribution < -0.4 is 5.73 Å². The molecule has 2 aromatic rings. The highest BCUT2D eigenvalue weighted by Gasteiger charge is 2.06. The topological polar surface area (TPSA) is 26.0 Å². The maximum atomic E-state index is 6.28. The quantitative estimate of drug-likeness (QED) is 0.870. The summed E-state index contributed by atoms with van der Waals surface area (Å²) >= 11 is 7.95. The Balaban J connectivity index is 2.22. The van der Waals surface area contributed by atoms with E-state index < -0.39 is 0 Å². The average molecular weight is 278 g/mol. The standard InChI is InChI=1S/C15H16ClNS/c1-10-3-6-13(7-4-10)18-15-8-5-12(11(2)17)9-14(15)16/h3-9,11H,17H2,1-2H3. The molecule has 0 aliphatic heterocycles. The van der Waals surface area contributed by atoms with Gasteiger partial charge in [-0.05, 0) is 43.7 Å². The minimum atomic E-state index is 0.0147. The van der Waals surface area contributed by atoms with Gasteiger partial charge in [0.05, 0.1) is 5.02 Å². The van der Waals surface area contributed by atoms with Gasteiger partial charge < -0.3 is 5.73 Å². The van der Waals surface area contributed by atoms with E-state index in [4.69, 9.17) is 17.3 Å². The van der Waals surface area contributed by atoms with E-state index in [9.17, 15) is 0 Å². The van der Waals surface area contributed by atoms with Crippen LogP contribution >= 0.6 is 23.4 Å². The fraction of sp³-hybridized carbons (Fsp3) is 0.200. The lowest BCUT2D eigenvalue weighted by atomic mass is 10.1. The first kappa shape index (κ1) is 13.5. The second kappa shape index (κ2) is 5.79. The van der Waals surface area contributed by atoms with E-state index in [1.165, 1.54) is 10.5 Å². The molecule has 3 heteroatoms. The summed E-state index contributed by atoms with van der Waals surface area (Å²) in [7, 11) is 0. The number of nitrogens with two attached hydrogens (primary N) is 1. The van der Waals surface area contributed by atoms with Crippen LogP contribution in [0.2, 0.25) is 5.02 Å². The lowest BCUT2D eigenvalue weighted by molar-refractivity contribution is 0.817. The first-order chi connectivity index (χ1) is 8.56. The Bertz CT molecular complexity index is 535. The van der Waals surface area contributed by atoms with Crippen LogP contribution in [0.25, 0.3) is 0 Å². The second-order valence-electron chi connectivity index (χ2n) is 4.39. The summed E-state index contributed by atoms with van der Waals surface area (Å²) in [5.74, 6) is 0. The van der Waals surface area contributed by atoms with Crippen molar-refractivity contribution in [2.45, 2.75) is 29.7 Å². The third kappa shape index (κ3) is 3.29. The van der Waals surface area contributed by atoms with Gasteiger partial charge in [-0.1, -0.05) is 47.1 Å². The van der Waals surface area contributed by atoms with Crippen molar-refractivity contribution >= 4 is 23.4 Å². The van der Waals surface area contributed by atoms with Crippen molar-refractivity contribution in [1.29, 1.82) is 0 Å². The van der Waals surface area contributed by atoms with E-state index in [0.29, 0.717) is 0 Å². The van der Waals surface area contributed by atoms with Crippen LogP contribution in [0.4, 0.5) is 0 Å². The maximum absolute atomic E-state index is 6.28. The summed E-state index contributed by atoms with van der Waals surface area (Å²) in [6, 6.07) is 14.5. The Morgan fingerprint density at radius 2 is 1.78 bits per heavy atom. The van der Waals surface area contributed by atoms with Gasteiger partial charge in [0, 0.05) is 15.8 Å². The van der Waals surface area contributed by atoms with E-state index in [1.54, 1.807) is 11.8 Å². The van der Waals surface area contributed by atoms with Gasteiger partial charge in [-0.3, -0.25) is 0 Å². The minimum absolute atomic E-state index is 0.0147. The first-order valence-electron chi connectivity index (χ1n) is 5.86. The molecule has 0 radical (unpaired) electrons. The van der Waals surface area contributed by atoms with Crippen LogP contribution in [0.1, 0.15) is 24.1 Å². The molecule has 0 saturated carbocycles. The SMILES string of the molecule is Cc1ccc(Sc2ccc(C(C)N)cc2Cl)cc1. The van der Waals surface area contributed by atoms with Crippen LogP contribution in [0.5, 0.6) is 0 Å². The van der Waals surface area contributed by atoms with Crippen LogP contribution in [-0.4, -0.2) is 0 Å². The predicted molar refractivity (Wildman–Crippen MR) is 79.4 cm³/mol. The minimum Gasteiger partial charge on any atom is -0.324 e. The zero-order chi connectivity index (χ0) is 13.1. The molecular formula is C15H16ClNS. The van der Waals surface area contributed by atoms with Crippen LogP contribution in [0.15, 0.2) is 52.3 Å². The van der Waals surface area contributed by atoms with Gasteiger partial charge in [-0.15, -0.1) is 0 Å². The largest absolute Gasteiger partial charge is 0.324 e. The smallest absolute Gasteiger partial charge is 0.0548 e. The number of hydrogen-bond acceptors (Lipinski definition) is 2. The zero-order valence-corrected chi connectivity index (χ0v) is 12.1. The molecule has 0 aliphatic carbocycles. The summed E-state index contributed by atoms with van der Waals surface area (Å²) in [5.41, 5.74) is 8.16. The lowest BCUT2D eigenvalue weighted by Gasteiger charge is -2.09. The lowest BCUT2D eigenvalue weighted by Crippen LogP contribution is -2.04. The normalized spacial score (nSPS) is 12.4. The molecule has 94 valence electrons. The molecule has 0 aromatic heterocycles. The van der Waals surface area contributed by atoms with Crippen molar-refractivity contribution in [1.82, 2.24) is 0 Å². The summed E-state index contributed by atoms with van der Waals surface area (Å²) in [6.45, 7) is 4.04. The molecule has 1 atom stereocenters. The van der Waals surface area contributed by atoms with Crippen LogP contribution in [-0.2, 0) is 0 Å². The molecule has 0 aliphatic rings. The van der Waals surface area contributed by atoms with Crippen molar-refractivity contribution in [3.05, 3.63) is 58.6 Å². The molecule has 2 rings (SSSR count). The van der Waals surface area contributed by atoms with Gasteiger partial charge >= 0.3 is 0 Å². The Morgan fingerprint density at radius 3 is 2.33 bits per heavy atom. The van der Waals surface area contributed by atoms with E-state index in [1.807, 2.05) is 25.1 Å². The first-order valence-corrected chi connectivity index (χ1v) is 7.05. The predicted octanol–water partition coefficient (Wildman–Crippen LogP) is 4.82. The summed E-state index contributed by atoms with van der Waals surface area (Å²) < 4.78 is 0. The van der Waals surface area contributed by atoms with E-state index in [-0.39, 0.29) is 6.04 Å². The van der Waals surface area contributed by atoms with E-state index >= 15 is 0 Å². The van der Waals surface area contributed by atoms with Gasteiger partial charge in [0.25, 0.3) is 0 Å². The van der Waals surface area contributed by atoms with Crippen molar-refractivity contribution in [2.24, 2.45) is 5.73 Å². The number of rotatable bonds is 3. The Morgan fingerprint density at radius 1 is 1.11 bits per heavy atom. The van der Waals surface area contributed by atoms with Crippen molar-refractivity contribution in [3.8, 4) is 0 Å². The Hall–Kier alpha value is -0.960. The van der Waals surface area contributed by atoms with Crippen LogP contribution in [0, 0.1) is 6.92 Å². The molecular weight excluding hydrogens is 262 g/mol. The molecule has 2 aromatic carbocycles. The molecule has 0 heterocycles. The highest BCUT2D eigenvalue weighted by atomic mass is 35.5. The van der Waals surface area contributed by atoms with Gasteiger partial charge in [0.1, 0.15) is 0 Å². The average Bonchev–Trinajstić information content (AvgIpc) is 2.34. The molecule has 2 N–H and O–H groups in total.